The van der Waals surface area contributed by atoms with E-state index >= 15 is 0 Å². The average molecular weight is 215 g/mol. The van der Waals surface area contributed by atoms with Crippen LogP contribution in [-0.2, 0) is 0 Å². The van der Waals surface area contributed by atoms with Crippen molar-refractivity contribution >= 4 is 11.9 Å². The summed E-state index contributed by atoms with van der Waals surface area (Å²) in [7, 11) is 0. The lowest BCUT2D eigenvalue weighted by Crippen LogP contribution is -2.16. The van der Waals surface area contributed by atoms with Gasteiger partial charge in [-0.3, -0.25) is 10.1 Å². The quantitative estimate of drug-likeness (QED) is 0.802. The molecule has 0 atom stereocenters. The van der Waals surface area contributed by atoms with E-state index in [1.807, 2.05) is 0 Å². The van der Waals surface area contributed by atoms with Crippen LogP contribution < -0.4 is 5.32 Å². The van der Waals surface area contributed by atoms with Gasteiger partial charge in [0.1, 0.15) is 0 Å². The van der Waals surface area contributed by atoms with E-state index in [-0.39, 0.29) is 17.5 Å². The number of carbonyl (C=O) groups is 1. The molecule has 2 aromatic heterocycles. The minimum absolute atomic E-state index is 0.234. The molecule has 1 N–H and O–H groups in total. The highest BCUT2D eigenvalue weighted by molar-refractivity contribution is 6.01. The fourth-order valence-electron chi connectivity index (χ4n) is 1.05. The largest absolute Gasteiger partial charge is 0.289 e. The molecular weight excluding hydrogens is 206 g/mol. The molecule has 2 heterocycles. The molecule has 0 spiro atoms. The van der Waals surface area contributed by atoms with E-state index in [1.165, 1.54) is 0 Å². The van der Waals surface area contributed by atoms with Crippen molar-refractivity contribution < 1.29 is 4.79 Å². The summed E-state index contributed by atoms with van der Waals surface area (Å²) in [4.78, 5) is 19.4. The first-order chi connectivity index (χ1) is 7.75. The van der Waals surface area contributed by atoms with Gasteiger partial charge in [-0.2, -0.15) is 5.10 Å². The second-order valence-electron chi connectivity index (χ2n) is 3.09. The molecule has 0 saturated carbocycles. The van der Waals surface area contributed by atoms with E-state index in [4.69, 9.17) is 0 Å². The van der Waals surface area contributed by atoms with Crippen LogP contribution in [0, 0.1) is 6.92 Å². The van der Waals surface area contributed by atoms with Gasteiger partial charge in [-0.05, 0) is 25.1 Å². The molecule has 0 aliphatic heterocycles. The number of aromatic nitrogens is 4. The summed E-state index contributed by atoms with van der Waals surface area (Å²) in [6, 6.07) is 4.98. The molecule has 0 aromatic carbocycles. The first kappa shape index (κ1) is 10.2. The summed E-state index contributed by atoms with van der Waals surface area (Å²) in [5, 5.41) is 10.1. The third kappa shape index (κ3) is 2.35. The SMILES string of the molecule is Cc1ccc(C(=O)Nc2ncccn2)nn1. The van der Waals surface area contributed by atoms with E-state index in [9.17, 15) is 4.79 Å². The van der Waals surface area contributed by atoms with Gasteiger partial charge >= 0.3 is 0 Å². The lowest BCUT2D eigenvalue weighted by Gasteiger charge is -2.01. The number of nitrogens with one attached hydrogen (secondary N) is 1. The Balaban J connectivity index is 2.12. The predicted octanol–water partition coefficient (Wildman–Crippen LogP) is 0.827. The monoisotopic (exact) mass is 215 g/mol. The van der Waals surface area contributed by atoms with Crippen LogP contribution in [0.1, 0.15) is 16.2 Å². The van der Waals surface area contributed by atoms with E-state index in [1.54, 1.807) is 37.5 Å². The second kappa shape index (κ2) is 4.43. The zero-order chi connectivity index (χ0) is 11.4. The summed E-state index contributed by atoms with van der Waals surface area (Å²) in [6.45, 7) is 1.80. The van der Waals surface area contributed by atoms with Gasteiger partial charge in [0.2, 0.25) is 5.95 Å². The van der Waals surface area contributed by atoms with Crippen molar-refractivity contribution in [2.24, 2.45) is 0 Å². The topological polar surface area (TPSA) is 80.7 Å². The number of aryl methyl sites for hydroxylation is 1. The second-order valence-corrected chi connectivity index (χ2v) is 3.09. The lowest BCUT2D eigenvalue weighted by molar-refractivity contribution is 0.102. The summed E-state index contributed by atoms with van der Waals surface area (Å²) >= 11 is 0. The third-order valence-electron chi connectivity index (χ3n) is 1.82. The fourth-order valence-corrected chi connectivity index (χ4v) is 1.05. The molecular formula is C10H9N5O. The number of hydrogen-bond donors (Lipinski definition) is 1. The number of carbonyl (C=O) groups excluding carboxylic acids is 1. The van der Waals surface area contributed by atoms with Crippen LogP contribution >= 0.6 is 0 Å². The molecule has 1 amide bonds. The summed E-state index contributed by atoms with van der Waals surface area (Å²) < 4.78 is 0. The van der Waals surface area contributed by atoms with Gasteiger partial charge in [0.15, 0.2) is 5.69 Å². The first-order valence-electron chi connectivity index (χ1n) is 4.64. The molecule has 6 heteroatoms. The Hall–Kier alpha value is -2.37. The van der Waals surface area contributed by atoms with Crippen molar-refractivity contribution in [2.45, 2.75) is 6.92 Å². The molecule has 0 radical (unpaired) electrons. The Kier molecular flexibility index (Phi) is 2.81. The highest BCUT2D eigenvalue weighted by atomic mass is 16.2. The molecule has 0 fully saturated rings. The van der Waals surface area contributed by atoms with Crippen LogP contribution in [0.5, 0.6) is 0 Å². The van der Waals surface area contributed by atoms with Gasteiger partial charge in [-0.25, -0.2) is 9.97 Å². The van der Waals surface area contributed by atoms with Gasteiger partial charge in [0.25, 0.3) is 5.91 Å². The van der Waals surface area contributed by atoms with Crippen LogP contribution in [0.15, 0.2) is 30.6 Å². The maximum absolute atomic E-state index is 11.6. The Morgan fingerprint density at radius 2 is 1.94 bits per heavy atom. The lowest BCUT2D eigenvalue weighted by atomic mass is 10.3. The van der Waals surface area contributed by atoms with Gasteiger partial charge < -0.3 is 0 Å². The first-order valence-corrected chi connectivity index (χ1v) is 4.64. The van der Waals surface area contributed by atoms with E-state index in [0.717, 1.165) is 5.69 Å². The number of hydrogen-bond acceptors (Lipinski definition) is 5. The highest BCUT2D eigenvalue weighted by Gasteiger charge is 2.08. The number of amides is 1. The number of anilines is 1. The average Bonchev–Trinajstić information content (AvgIpc) is 2.31. The maximum Gasteiger partial charge on any atom is 0.278 e. The Labute approximate surface area is 91.8 Å². The molecule has 2 aromatic rings. The molecule has 0 aliphatic carbocycles. The van der Waals surface area contributed by atoms with Crippen molar-refractivity contribution in [3.63, 3.8) is 0 Å². The van der Waals surface area contributed by atoms with Crippen LogP contribution in [0.25, 0.3) is 0 Å². The molecule has 0 unspecified atom stereocenters. The zero-order valence-corrected chi connectivity index (χ0v) is 8.58. The van der Waals surface area contributed by atoms with E-state index < -0.39 is 0 Å². The fraction of sp³-hybridized carbons (Fsp3) is 0.100. The van der Waals surface area contributed by atoms with Gasteiger partial charge in [-0.1, -0.05) is 0 Å². The van der Waals surface area contributed by atoms with Gasteiger partial charge in [-0.15, -0.1) is 5.10 Å². The summed E-state index contributed by atoms with van der Waals surface area (Å²) in [6.07, 6.45) is 3.09. The zero-order valence-electron chi connectivity index (χ0n) is 8.58. The van der Waals surface area contributed by atoms with Gasteiger partial charge in [0, 0.05) is 12.4 Å². The van der Waals surface area contributed by atoms with Crippen LogP contribution in [-0.4, -0.2) is 26.1 Å². The molecule has 6 nitrogen and oxygen atoms in total. The summed E-state index contributed by atoms with van der Waals surface area (Å²) in [5.41, 5.74) is 0.991. The normalized spacial score (nSPS) is 9.81. The maximum atomic E-state index is 11.6. The van der Waals surface area contributed by atoms with Crippen molar-refractivity contribution in [3.8, 4) is 0 Å². The number of rotatable bonds is 2. The van der Waals surface area contributed by atoms with Gasteiger partial charge in [0.05, 0.1) is 5.69 Å². The third-order valence-corrected chi connectivity index (χ3v) is 1.82. The Morgan fingerprint density at radius 1 is 1.19 bits per heavy atom. The van der Waals surface area contributed by atoms with Crippen molar-refractivity contribution in [3.05, 3.63) is 42.0 Å². The Bertz CT molecular complexity index is 482. The van der Waals surface area contributed by atoms with E-state index in [2.05, 4.69) is 25.5 Å². The molecule has 2 rings (SSSR count). The predicted molar refractivity (Wildman–Crippen MR) is 56.8 cm³/mol. The molecule has 0 bridgehead atoms. The van der Waals surface area contributed by atoms with Crippen LogP contribution in [0.2, 0.25) is 0 Å². The van der Waals surface area contributed by atoms with Crippen molar-refractivity contribution in [1.29, 1.82) is 0 Å². The van der Waals surface area contributed by atoms with E-state index in [0.29, 0.717) is 0 Å². The minimum atomic E-state index is -0.376. The van der Waals surface area contributed by atoms with Crippen molar-refractivity contribution in [2.75, 3.05) is 5.32 Å². The number of nitrogens with zero attached hydrogens (tertiary/aromatic N) is 4. The molecule has 16 heavy (non-hydrogen) atoms. The van der Waals surface area contributed by atoms with Crippen molar-refractivity contribution in [1.82, 2.24) is 20.2 Å². The van der Waals surface area contributed by atoms with Crippen LogP contribution in [0.3, 0.4) is 0 Å². The highest BCUT2D eigenvalue weighted by Crippen LogP contribution is 2.00. The standard InChI is InChI=1S/C10H9N5O/c1-7-3-4-8(15-14-7)9(16)13-10-11-5-2-6-12-10/h2-6H,1H3,(H,11,12,13,16). The summed E-state index contributed by atoms with van der Waals surface area (Å²) in [5.74, 6) is -0.131. The Morgan fingerprint density at radius 3 is 2.56 bits per heavy atom. The smallest absolute Gasteiger partial charge is 0.278 e. The molecule has 0 saturated heterocycles. The van der Waals surface area contributed by atoms with Crippen LogP contribution in [0.4, 0.5) is 5.95 Å². The minimum Gasteiger partial charge on any atom is -0.289 e. The molecule has 80 valence electrons. The molecule has 0 aliphatic rings.